The number of carbonyl (C=O) groups excluding carboxylic acids is 1. The molecule has 0 N–H and O–H groups in total. The number of piperidine rings is 1. The first-order chi connectivity index (χ1) is 10.6. The molecular formula is C18H27N3O. The van der Waals surface area contributed by atoms with Crippen LogP contribution >= 0.6 is 0 Å². The van der Waals surface area contributed by atoms with Gasteiger partial charge in [0.2, 0.25) is 5.91 Å². The maximum absolute atomic E-state index is 11.5. The Morgan fingerprint density at radius 2 is 1.73 bits per heavy atom. The van der Waals surface area contributed by atoms with E-state index in [0.29, 0.717) is 12.1 Å². The van der Waals surface area contributed by atoms with Gasteiger partial charge in [0.15, 0.2) is 0 Å². The van der Waals surface area contributed by atoms with Crippen LogP contribution in [0.3, 0.4) is 0 Å². The third-order valence-electron chi connectivity index (χ3n) is 5.29. The highest BCUT2D eigenvalue weighted by atomic mass is 16.2. The van der Waals surface area contributed by atoms with Gasteiger partial charge >= 0.3 is 0 Å². The molecule has 4 nitrogen and oxygen atoms in total. The van der Waals surface area contributed by atoms with Gasteiger partial charge in [-0.15, -0.1) is 0 Å². The predicted octanol–water partition coefficient (Wildman–Crippen LogP) is 1.99. The van der Waals surface area contributed by atoms with Crippen molar-refractivity contribution in [2.75, 3.05) is 39.8 Å². The smallest absolute Gasteiger partial charge is 0.219 e. The number of amides is 1. The molecule has 2 aliphatic rings. The number of carbonyl (C=O) groups is 1. The molecule has 120 valence electrons. The number of piperazine rings is 1. The molecule has 1 aromatic carbocycles. The Morgan fingerprint density at radius 1 is 1.05 bits per heavy atom. The van der Waals surface area contributed by atoms with Crippen LogP contribution in [0.2, 0.25) is 0 Å². The molecule has 4 heteroatoms. The van der Waals surface area contributed by atoms with Gasteiger partial charge in [0.1, 0.15) is 0 Å². The highest BCUT2D eigenvalue weighted by Crippen LogP contribution is 2.27. The van der Waals surface area contributed by atoms with Crippen molar-refractivity contribution in [1.82, 2.24) is 14.7 Å². The summed E-state index contributed by atoms with van der Waals surface area (Å²) in [4.78, 5) is 18.6. The van der Waals surface area contributed by atoms with Gasteiger partial charge in [-0.2, -0.15) is 0 Å². The minimum Gasteiger partial charge on any atom is -0.343 e. The highest BCUT2D eigenvalue weighted by molar-refractivity contribution is 5.73. The second kappa shape index (κ2) is 6.80. The van der Waals surface area contributed by atoms with Crippen molar-refractivity contribution in [2.45, 2.75) is 31.8 Å². The van der Waals surface area contributed by atoms with Gasteiger partial charge in [0, 0.05) is 51.7 Å². The predicted molar refractivity (Wildman–Crippen MR) is 88.7 cm³/mol. The summed E-state index contributed by atoms with van der Waals surface area (Å²) in [6.45, 7) is 6.88. The Bertz CT molecular complexity index is 496. The molecule has 3 rings (SSSR count). The summed E-state index contributed by atoms with van der Waals surface area (Å²) in [7, 11) is 2.23. The molecular weight excluding hydrogens is 274 g/mol. The SMILES string of the molecule is CC(=O)N1CCC(N2CCN(C)[C@@H](c3ccccc3)C2)CC1. The third-order valence-corrected chi connectivity index (χ3v) is 5.29. The fourth-order valence-corrected chi connectivity index (χ4v) is 3.81. The first-order valence-electron chi connectivity index (χ1n) is 8.40. The van der Waals surface area contributed by atoms with Crippen LogP contribution in [0.25, 0.3) is 0 Å². The van der Waals surface area contributed by atoms with Crippen molar-refractivity contribution < 1.29 is 4.79 Å². The molecule has 2 aliphatic heterocycles. The first-order valence-corrected chi connectivity index (χ1v) is 8.40. The van der Waals surface area contributed by atoms with Crippen LogP contribution in [0.5, 0.6) is 0 Å². The van der Waals surface area contributed by atoms with Crippen LogP contribution in [0, 0.1) is 0 Å². The Labute approximate surface area is 133 Å². The van der Waals surface area contributed by atoms with E-state index in [-0.39, 0.29) is 5.91 Å². The number of benzene rings is 1. The summed E-state index contributed by atoms with van der Waals surface area (Å²) >= 11 is 0. The third kappa shape index (κ3) is 3.33. The molecule has 2 heterocycles. The lowest BCUT2D eigenvalue weighted by atomic mass is 9.98. The molecule has 0 aromatic heterocycles. The fraction of sp³-hybridized carbons (Fsp3) is 0.611. The molecule has 1 amide bonds. The van der Waals surface area contributed by atoms with Crippen molar-refractivity contribution in [3.63, 3.8) is 0 Å². The molecule has 2 fully saturated rings. The maximum atomic E-state index is 11.5. The Morgan fingerprint density at radius 3 is 2.36 bits per heavy atom. The van der Waals surface area contributed by atoms with Gasteiger partial charge in [-0.3, -0.25) is 14.6 Å². The molecule has 1 atom stereocenters. The van der Waals surface area contributed by atoms with E-state index < -0.39 is 0 Å². The lowest BCUT2D eigenvalue weighted by Gasteiger charge is -2.45. The Kier molecular flexibility index (Phi) is 4.79. The number of hydrogen-bond acceptors (Lipinski definition) is 3. The quantitative estimate of drug-likeness (QED) is 0.836. The van der Waals surface area contributed by atoms with Crippen LogP contribution in [-0.2, 0) is 4.79 Å². The van der Waals surface area contributed by atoms with E-state index in [0.717, 1.165) is 45.6 Å². The van der Waals surface area contributed by atoms with E-state index in [2.05, 4.69) is 47.2 Å². The van der Waals surface area contributed by atoms with Gasteiger partial charge in [-0.25, -0.2) is 0 Å². The zero-order valence-electron chi connectivity index (χ0n) is 13.7. The molecule has 0 unspecified atom stereocenters. The summed E-state index contributed by atoms with van der Waals surface area (Å²) in [5, 5.41) is 0. The molecule has 2 saturated heterocycles. The number of nitrogens with zero attached hydrogens (tertiary/aromatic N) is 3. The van der Waals surface area contributed by atoms with Crippen LogP contribution in [0.1, 0.15) is 31.4 Å². The monoisotopic (exact) mass is 301 g/mol. The Hall–Kier alpha value is -1.39. The standard InChI is InChI=1S/C18H27N3O/c1-15(22)20-10-8-17(9-11-20)21-13-12-19(2)18(14-21)16-6-4-3-5-7-16/h3-7,17-18H,8-14H2,1-2H3/t18-/m1/s1. The van der Waals surface area contributed by atoms with Crippen molar-refractivity contribution in [2.24, 2.45) is 0 Å². The summed E-state index contributed by atoms with van der Waals surface area (Å²) in [5.41, 5.74) is 1.41. The maximum Gasteiger partial charge on any atom is 0.219 e. The largest absolute Gasteiger partial charge is 0.343 e. The van der Waals surface area contributed by atoms with Crippen molar-refractivity contribution in [1.29, 1.82) is 0 Å². The molecule has 22 heavy (non-hydrogen) atoms. The van der Waals surface area contributed by atoms with E-state index in [9.17, 15) is 4.79 Å². The zero-order chi connectivity index (χ0) is 15.5. The van der Waals surface area contributed by atoms with Crippen LogP contribution in [-0.4, -0.2) is 66.4 Å². The van der Waals surface area contributed by atoms with Gasteiger partial charge in [0.05, 0.1) is 0 Å². The topological polar surface area (TPSA) is 26.8 Å². The van der Waals surface area contributed by atoms with E-state index in [1.54, 1.807) is 6.92 Å². The number of likely N-dealkylation sites (tertiary alicyclic amines) is 1. The molecule has 0 spiro atoms. The number of hydrogen-bond donors (Lipinski definition) is 0. The van der Waals surface area contributed by atoms with Crippen molar-refractivity contribution >= 4 is 5.91 Å². The van der Waals surface area contributed by atoms with E-state index >= 15 is 0 Å². The average molecular weight is 301 g/mol. The molecule has 0 radical (unpaired) electrons. The normalized spacial score (nSPS) is 25.4. The number of rotatable bonds is 2. The van der Waals surface area contributed by atoms with Crippen LogP contribution < -0.4 is 0 Å². The van der Waals surface area contributed by atoms with Gasteiger partial charge in [0.25, 0.3) is 0 Å². The molecule has 0 bridgehead atoms. The van der Waals surface area contributed by atoms with Gasteiger partial charge in [-0.1, -0.05) is 30.3 Å². The van der Waals surface area contributed by atoms with Crippen LogP contribution in [0.15, 0.2) is 30.3 Å². The Balaban J connectivity index is 1.63. The molecule has 0 saturated carbocycles. The summed E-state index contributed by atoms with van der Waals surface area (Å²) in [5.74, 6) is 0.221. The minimum atomic E-state index is 0.221. The van der Waals surface area contributed by atoms with E-state index in [4.69, 9.17) is 0 Å². The zero-order valence-corrected chi connectivity index (χ0v) is 13.7. The lowest BCUT2D eigenvalue weighted by Crippen LogP contribution is -2.53. The average Bonchev–Trinajstić information content (AvgIpc) is 2.56. The van der Waals surface area contributed by atoms with Crippen LogP contribution in [0.4, 0.5) is 0 Å². The van der Waals surface area contributed by atoms with Crippen molar-refractivity contribution in [3.05, 3.63) is 35.9 Å². The summed E-state index contributed by atoms with van der Waals surface area (Å²) < 4.78 is 0. The molecule has 0 aliphatic carbocycles. The summed E-state index contributed by atoms with van der Waals surface area (Å²) in [6.07, 6.45) is 2.23. The first kappa shape index (κ1) is 15.5. The fourth-order valence-electron chi connectivity index (χ4n) is 3.81. The minimum absolute atomic E-state index is 0.221. The van der Waals surface area contributed by atoms with E-state index in [1.807, 2.05) is 4.90 Å². The summed E-state index contributed by atoms with van der Waals surface area (Å²) in [6, 6.07) is 11.9. The second-order valence-electron chi connectivity index (χ2n) is 6.64. The van der Waals surface area contributed by atoms with Crippen molar-refractivity contribution in [3.8, 4) is 0 Å². The lowest BCUT2D eigenvalue weighted by molar-refractivity contribution is -0.130. The highest BCUT2D eigenvalue weighted by Gasteiger charge is 2.31. The van der Waals surface area contributed by atoms with Gasteiger partial charge < -0.3 is 4.90 Å². The second-order valence-corrected chi connectivity index (χ2v) is 6.64. The molecule has 1 aromatic rings. The number of likely N-dealkylation sites (N-methyl/N-ethyl adjacent to an activating group) is 1. The van der Waals surface area contributed by atoms with Gasteiger partial charge in [-0.05, 0) is 25.5 Å². The van der Waals surface area contributed by atoms with E-state index in [1.165, 1.54) is 5.56 Å².